The van der Waals surface area contributed by atoms with Crippen molar-refractivity contribution in [2.45, 2.75) is 52.6 Å². The van der Waals surface area contributed by atoms with Crippen LogP contribution < -0.4 is 5.32 Å². The summed E-state index contributed by atoms with van der Waals surface area (Å²) in [7, 11) is 0. The molecule has 22 heavy (non-hydrogen) atoms. The molecular weight excluding hydrogens is 278 g/mol. The second-order valence-corrected chi connectivity index (χ2v) is 5.83. The van der Waals surface area contributed by atoms with Crippen molar-refractivity contribution in [1.82, 2.24) is 24.6 Å². The molecule has 0 radical (unpaired) electrons. The average molecular weight is 303 g/mol. The highest BCUT2D eigenvalue weighted by Crippen LogP contribution is 2.15. The zero-order chi connectivity index (χ0) is 16.1. The number of aryl methyl sites for hydroxylation is 1. The van der Waals surface area contributed by atoms with E-state index in [0.29, 0.717) is 30.7 Å². The van der Waals surface area contributed by atoms with E-state index in [1.54, 1.807) is 17.2 Å². The number of hydrogen-bond donors (Lipinski definition) is 1. The van der Waals surface area contributed by atoms with Gasteiger partial charge in [-0.3, -0.25) is 9.48 Å². The largest absolute Gasteiger partial charge is 0.351 e. The smallest absolute Gasteiger partial charge is 0.269 e. The molecule has 0 bridgehead atoms. The molecule has 1 N–H and O–H groups in total. The summed E-state index contributed by atoms with van der Waals surface area (Å²) >= 11 is 0. The van der Waals surface area contributed by atoms with Gasteiger partial charge < -0.3 is 9.88 Å². The molecule has 2 heterocycles. The number of rotatable bonds is 7. The van der Waals surface area contributed by atoms with Crippen LogP contribution in [-0.2, 0) is 6.54 Å². The minimum Gasteiger partial charge on any atom is -0.351 e. The van der Waals surface area contributed by atoms with Crippen molar-refractivity contribution in [2.75, 3.05) is 6.54 Å². The van der Waals surface area contributed by atoms with Gasteiger partial charge in [0.05, 0.1) is 12.0 Å². The third kappa shape index (κ3) is 3.75. The second kappa shape index (κ2) is 7.24. The number of carbonyl (C=O) groups is 1. The molecule has 0 saturated heterocycles. The predicted molar refractivity (Wildman–Crippen MR) is 85.9 cm³/mol. The molecule has 2 aromatic rings. The lowest BCUT2D eigenvalue weighted by molar-refractivity contribution is 0.0941. The molecule has 0 aromatic carbocycles. The summed E-state index contributed by atoms with van der Waals surface area (Å²) < 4.78 is 3.81. The Labute approximate surface area is 131 Å². The first kappa shape index (κ1) is 16.3. The van der Waals surface area contributed by atoms with Crippen LogP contribution in [-0.4, -0.2) is 31.8 Å². The zero-order valence-electron chi connectivity index (χ0n) is 13.8. The SMILES string of the molecule is CCn1nc(C(C)C)cc1C(=O)NCC[C@@H](C)n1ccnc1. The van der Waals surface area contributed by atoms with Crippen LogP contribution in [0.25, 0.3) is 0 Å². The second-order valence-electron chi connectivity index (χ2n) is 5.83. The maximum atomic E-state index is 12.3. The maximum Gasteiger partial charge on any atom is 0.269 e. The molecule has 2 rings (SSSR count). The lowest BCUT2D eigenvalue weighted by Gasteiger charge is -2.13. The van der Waals surface area contributed by atoms with Gasteiger partial charge in [0, 0.05) is 31.5 Å². The fourth-order valence-electron chi connectivity index (χ4n) is 2.31. The van der Waals surface area contributed by atoms with Crippen LogP contribution in [0.5, 0.6) is 0 Å². The number of carbonyl (C=O) groups excluding carboxylic acids is 1. The molecule has 0 aliphatic carbocycles. The molecule has 0 fully saturated rings. The first-order valence-corrected chi connectivity index (χ1v) is 7.86. The maximum absolute atomic E-state index is 12.3. The summed E-state index contributed by atoms with van der Waals surface area (Å²) in [6, 6.07) is 2.20. The van der Waals surface area contributed by atoms with Crippen LogP contribution in [0.2, 0.25) is 0 Å². The molecular formula is C16H25N5O. The van der Waals surface area contributed by atoms with Gasteiger partial charge in [-0.2, -0.15) is 5.10 Å². The number of hydrogen-bond acceptors (Lipinski definition) is 3. The van der Waals surface area contributed by atoms with Crippen molar-refractivity contribution in [3.8, 4) is 0 Å². The number of nitrogens with zero attached hydrogens (tertiary/aromatic N) is 4. The van der Waals surface area contributed by atoms with Crippen LogP contribution >= 0.6 is 0 Å². The first-order valence-electron chi connectivity index (χ1n) is 7.86. The number of imidazole rings is 1. The summed E-state index contributed by atoms with van der Waals surface area (Å²) in [5.41, 5.74) is 1.60. The summed E-state index contributed by atoms with van der Waals surface area (Å²) in [5.74, 6) is 0.264. The van der Waals surface area contributed by atoms with E-state index in [4.69, 9.17) is 0 Å². The average Bonchev–Trinajstić information content (AvgIpc) is 3.16. The third-order valence-corrected chi connectivity index (χ3v) is 3.80. The van der Waals surface area contributed by atoms with Crippen LogP contribution in [0.4, 0.5) is 0 Å². The molecule has 2 aromatic heterocycles. The van der Waals surface area contributed by atoms with E-state index in [1.807, 2.05) is 23.8 Å². The van der Waals surface area contributed by atoms with Crippen molar-refractivity contribution in [3.05, 3.63) is 36.2 Å². The lowest BCUT2D eigenvalue weighted by atomic mass is 10.1. The zero-order valence-corrected chi connectivity index (χ0v) is 13.8. The van der Waals surface area contributed by atoms with E-state index >= 15 is 0 Å². The summed E-state index contributed by atoms with van der Waals surface area (Å²) in [6.07, 6.45) is 6.36. The monoisotopic (exact) mass is 303 g/mol. The van der Waals surface area contributed by atoms with E-state index in [9.17, 15) is 4.79 Å². The van der Waals surface area contributed by atoms with Crippen LogP contribution in [0.15, 0.2) is 24.8 Å². The molecule has 6 nitrogen and oxygen atoms in total. The fraction of sp³-hybridized carbons (Fsp3) is 0.562. The molecule has 1 amide bonds. The predicted octanol–water partition coefficient (Wildman–Crippen LogP) is 2.60. The van der Waals surface area contributed by atoms with Gasteiger partial charge in [-0.1, -0.05) is 13.8 Å². The van der Waals surface area contributed by atoms with Gasteiger partial charge in [-0.05, 0) is 32.3 Å². The van der Waals surface area contributed by atoms with Gasteiger partial charge in [-0.25, -0.2) is 4.98 Å². The Hall–Kier alpha value is -2.11. The molecule has 0 unspecified atom stereocenters. The van der Waals surface area contributed by atoms with Crippen molar-refractivity contribution in [3.63, 3.8) is 0 Å². The van der Waals surface area contributed by atoms with E-state index in [0.717, 1.165) is 12.1 Å². The van der Waals surface area contributed by atoms with Crippen LogP contribution in [0, 0.1) is 0 Å². The molecule has 1 atom stereocenters. The molecule has 0 aliphatic rings. The summed E-state index contributed by atoms with van der Waals surface area (Å²) in [4.78, 5) is 16.4. The highest BCUT2D eigenvalue weighted by Gasteiger charge is 2.16. The topological polar surface area (TPSA) is 64.7 Å². The highest BCUT2D eigenvalue weighted by molar-refractivity contribution is 5.92. The fourth-order valence-corrected chi connectivity index (χ4v) is 2.31. The Bertz CT molecular complexity index is 600. The molecule has 0 saturated carbocycles. The Morgan fingerprint density at radius 1 is 1.36 bits per heavy atom. The van der Waals surface area contributed by atoms with Gasteiger partial charge in [0.25, 0.3) is 5.91 Å². The highest BCUT2D eigenvalue weighted by atomic mass is 16.2. The van der Waals surface area contributed by atoms with Crippen molar-refractivity contribution >= 4 is 5.91 Å². The third-order valence-electron chi connectivity index (χ3n) is 3.80. The summed E-state index contributed by atoms with van der Waals surface area (Å²) in [6.45, 7) is 9.59. The minimum atomic E-state index is -0.0564. The van der Waals surface area contributed by atoms with E-state index < -0.39 is 0 Å². The van der Waals surface area contributed by atoms with E-state index in [2.05, 4.69) is 36.2 Å². The Kier molecular flexibility index (Phi) is 5.35. The van der Waals surface area contributed by atoms with E-state index in [-0.39, 0.29) is 5.91 Å². The Balaban J connectivity index is 1.92. The minimum absolute atomic E-state index is 0.0564. The number of nitrogens with one attached hydrogen (secondary N) is 1. The number of amides is 1. The Morgan fingerprint density at radius 3 is 2.73 bits per heavy atom. The molecule has 6 heteroatoms. The Morgan fingerprint density at radius 2 is 2.14 bits per heavy atom. The van der Waals surface area contributed by atoms with Crippen LogP contribution in [0.1, 0.15) is 62.3 Å². The van der Waals surface area contributed by atoms with Gasteiger partial charge in [0.2, 0.25) is 0 Å². The standard InChI is InChI=1S/C16H25N5O/c1-5-21-15(10-14(19-21)12(2)3)16(22)18-7-6-13(4)20-9-8-17-11-20/h8-13H,5-7H2,1-4H3,(H,18,22)/t13-/m1/s1. The molecule has 120 valence electrons. The van der Waals surface area contributed by atoms with Crippen LogP contribution in [0.3, 0.4) is 0 Å². The van der Waals surface area contributed by atoms with Gasteiger partial charge in [0.1, 0.15) is 5.69 Å². The first-order chi connectivity index (χ1) is 10.5. The van der Waals surface area contributed by atoms with Crippen molar-refractivity contribution in [1.29, 1.82) is 0 Å². The van der Waals surface area contributed by atoms with Gasteiger partial charge in [-0.15, -0.1) is 0 Å². The normalized spacial score (nSPS) is 12.6. The molecule has 0 aliphatic heterocycles. The number of aromatic nitrogens is 4. The van der Waals surface area contributed by atoms with E-state index in [1.165, 1.54) is 0 Å². The lowest BCUT2D eigenvalue weighted by Crippen LogP contribution is -2.28. The van der Waals surface area contributed by atoms with Crippen molar-refractivity contribution in [2.24, 2.45) is 0 Å². The van der Waals surface area contributed by atoms with Gasteiger partial charge in [0.15, 0.2) is 0 Å². The van der Waals surface area contributed by atoms with Gasteiger partial charge >= 0.3 is 0 Å². The molecule has 0 spiro atoms. The summed E-state index contributed by atoms with van der Waals surface area (Å²) in [5, 5.41) is 7.46. The van der Waals surface area contributed by atoms with Crippen molar-refractivity contribution < 1.29 is 4.79 Å². The quantitative estimate of drug-likeness (QED) is 0.855.